The summed E-state index contributed by atoms with van der Waals surface area (Å²) in [5.41, 5.74) is 0. The van der Waals surface area contributed by atoms with Gasteiger partial charge in [-0.3, -0.25) is 4.79 Å². The van der Waals surface area contributed by atoms with E-state index in [9.17, 15) is 4.79 Å². The van der Waals surface area contributed by atoms with Crippen molar-refractivity contribution >= 4 is 39.1 Å². The topological polar surface area (TPSA) is 74.2 Å². The number of piperazine rings is 1. The molecule has 0 unspecified atom stereocenters. The number of rotatable bonds is 5. The summed E-state index contributed by atoms with van der Waals surface area (Å²) in [5.74, 6) is 1.95. The second kappa shape index (κ2) is 7.65. The largest absolute Gasteiger partial charge is 0.369 e. The fraction of sp³-hybridized carbons (Fsp3) is 0.333. The highest BCUT2D eigenvalue weighted by molar-refractivity contribution is 7.16. The summed E-state index contributed by atoms with van der Waals surface area (Å²) >= 11 is 1.59. The lowest BCUT2D eigenvalue weighted by Crippen LogP contribution is -2.49. The van der Waals surface area contributed by atoms with Crippen molar-refractivity contribution in [1.29, 1.82) is 0 Å². The second-order valence-electron chi connectivity index (χ2n) is 6.09. The number of fused-ring (bicyclic) bond motifs is 1. The molecule has 0 radical (unpaired) electrons. The van der Waals surface area contributed by atoms with Gasteiger partial charge < -0.3 is 15.1 Å². The Kier molecular flexibility index (Phi) is 4.92. The summed E-state index contributed by atoms with van der Waals surface area (Å²) in [7, 11) is 0. The molecule has 1 fully saturated rings. The highest BCUT2D eigenvalue weighted by atomic mass is 32.1. The van der Waals surface area contributed by atoms with Crippen molar-refractivity contribution in [1.82, 2.24) is 19.9 Å². The average Bonchev–Trinajstić information content (AvgIpc) is 3.18. The van der Waals surface area contributed by atoms with E-state index < -0.39 is 0 Å². The van der Waals surface area contributed by atoms with Crippen LogP contribution in [0.4, 0.5) is 11.6 Å². The lowest BCUT2D eigenvalue weighted by Gasteiger charge is -2.35. The number of hydrogen-bond donors (Lipinski definition) is 1. The third-order valence-corrected chi connectivity index (χ3v) is 5.32. The van der Waals surface area contributed by atoms with E-state index >= 15 is 0 Å². The number of amides is 1. The predicted octanol–water partition coefficient (Wildman–Crippen LogP) is 2.24. The van der Waals surface area contributed by atoms with Crippen LogP contribution in [0.15, 0.2) is 42.2 Å². The van der Waals surface area contributed by atoms with Crippen LogP contribution in [0.1, 0.15) is 6.42 Å². The molecule has 3 aromatic heterocycles. The third-order valence-electron chi connectivity index (χ3n) is 4.50. The summed E-state index contributed by atoms with van der Waals surface area (Å²) in [4.78, 5) is 30.5. The number of nitrogens with one attached hydrogen (secondary N) is 1. The monoisotopic (exact) mass is 368 g/mol. The van der Waals surface area contributed by atoms with Crippen molar-refractivity contribution in [3.05, 3.63) is 42.2 Å². The van der Waals surface area contributed by atoms with Gasteiger partial charge in [0.05, 0.1) is 5.39 Å². The standard InChI is InChI=1S/C18H20N6OS/c25-16(4-7-20-17-14-5-12-26-18(14)22-13-21-17)24-10-8-23(9-11-24)15-3-1-2-6-19-15/h1-3,5-6,12-13H,4,7-11H2,(H,20,21,22). The molecule has 7 nitrogen and oxygen atoms in total. The van der Waals surface area contributed by atoms with Gasteiger partial charge in [-0.1, -0.05) is 6.07 Å². The molecule has 0 aromatic carbocycles. The first-order chi connectivity index (χ1) is 12.8. The van der Waals surface area contributed by atoms with E-state index in [1.165, 1.54) is 0 Å². The quantitative estimate of drug-likeness (QED) is 0.744. The molecule has 0 spiro atoms. The molecule has 134 valence electrons. The molecule has 1 aliphatic heterocycles. The number of pyridine rings is 1. The van der Waals surface area contributed by atoms with Gasteiger partial charge in [0.25, 0.3) is 0 Å². The molecule has 1 N–H and O–H groups in total. The molecule has 4 rings (SSSR count). The van der Waals surface area contributed by atoms with Gasteiger partial charge in [-0.15, -0.1) is 11.3 Å². The Morgan fingerprint density at radius 2 is 2.00 bits per heavy atom. The molecule has 0 bridgehead atoms. The molecule has 26 heavy (non-hydrogen) atoms. The van der Waals surface area contributed by atoms with Crippen molar-refractivity contribution in [2.45, 2.75) is 6.42 Å². The van der Waals surface area contributed by atoms with E-state index in [0.29, 0.717) is 13.0 Å². The number of hydrogen-bond acceptors (Lipinski definition) is 7. The van der Waals surface area contributed by atoms with E-state index in [-0.39, 0.29) is 5.91 Å². The predicted molar refractivity (Wildman–Crippen MR) is 104 cm³/mol. The molecule has 0 aliphatic carbocycles. The van der Waals surface area contributed by atoms with Crippen molar-refractivity contribution in [2.24, 2.45) is 0 Å². The smallest absolute Gasteiger partial charge is 0.224 e. The Bertz CT molecular complexity index is 876. The molecule has 8 heteroatoms. The highest BCUT2D eigenvalue weighted by Crippen LogP contribution is 2.23. The van der Waals surface area contributed by atoms with Gasteiger partial charge in [0.1, 0.15) is 22.8 Å². The first-order valence-electron chi connectivity index (χ1n) is 8.67. The molecule has 4 heterocycles. The van der Waals surface area contributed by atoms with E-state index in [2.05, 4.69) is 25.2 Å². The van der Waals surface area contributed by atoms with Gasteiger partial charge in [-0.2, -0.15) is 0 Å². The number of aromatic nitrogens is 3. The van der Waals surface area contributed by atoms with Gasteiger partial charge in [0.2, 0.25) is 5.91 Å². The van der Waals surface area contributed by atoms with Crippen LogP contribution in [-0.4, -0.2) is 58.5 Å². The van der Waals surface area contributed by atoms with Crippen LogP contribution in [0.25, 0.3) is 10.2 Å². The molecule has 1 amide bonds. The molecule has 0 atom stereocenters. The Hall–Kier alpha value is -2.74. The van der Waals surface area contributed by atoms with Gasteiger partial charge >= 0.3 is 0 Å². The number of anilines is 2. The van der Waals surface area contributed by atoms with Crippen LogP contribution in [0.2, 0.25) is 0 Å². The third kappa shape index (κ3) is 3.60. The maximum Gasteiger partial charge on any atom is 0.224 e. The Morgan fingerprint density at radius 1 is 1.12 bits per heavy atom. The fourth-order valence-corrected chi connectivity index (χ4v) is 3.84. The Balaban J connectivity index is 1.26. The summed E-state index contributed by atoms with van der Waals surface area (Å²) in [5, 5.41) is 6.27. The number of thiophene rings is 1. The summed E-state index contributed by atoms with van der Waals surface area (Å²) < 4.78 is 0. The van der Waals surface area contributed by atoms with Crippen LogP contribution in [-0.2, 0) is 4.79 Å². The van der Waals surface area contributed by atoms with Crippen LogP contribution in [0, 0.1) is 0 Å². The lowest BCUT2D eigenvalue weighted by atomic mass is 10.2. The minimum atomic E-state index is 0.175. The van der Waals surface area contributed by atoms with Gasteiger partial charge in [-0.25, -0.2) is 15.0 Å². The number of carbonyl (C=O) groups excluding carboxylic acids is 1. The minimum absolute atomic E-state index is 0.175. The normalized spacial score (nSPS) is 14.6. The molecule has 1 saturated heterocycles. The van der Waals surface area contributed by atoms with Crippen molar-refractivity contribution in [3.63, 3.8) is 0 Å². The van der Waals surface area contributed by atoms with Crippen molar-refractivity contribution in [3.8, 4) is 0 Å². The van der Waals surface area contributed by atoms with Crippen LogP contribution in [0.5, 0.6) is 0 Å². The zero-order valence-electron chi connectivity index (χ0n) is 14.3. The van der Waals surface area contributed by atoms with Gasteiger partial charge in [0.15, 0.2) is 0 Å². The first-order valence-corrected chi connectivity index (χ1v) is 9.55. The van der Waals surface area contributed by atoms with Crippen molar-refractivity contribution in [2.75, 3.05) is 42.9 Å². The molecular weight excluding hydrogens is 348 g/mol. The fourth-order valence-electron chi connectivity index (χ4n) is 3.10. The lowest BCUT2D eigenvalue weighted by molar-refractivity contribution is -0.131. The van der Waals surface area contributed by atoms with Crippen LogP contribution < -0.4 is 10.2 Å². The van der Waals surface area contributed by atoms with E-state index in [1.807, 2.05) is 34.5 Å². The van der Waals surface area contributed by atoms with Gasteiger partial charge in [-0.05, 0) is 23.6 Å². The SMILES string of the molecule is O=C(CCNc1ncnc2sccc12)N1CCN(c2ccccn2)CC1. The van der Waals surface area contributed by atoms with Crippen LogP contribution in [0.3, 0.4) is 0 Å². The maximum absolute atomic E-state index is 12.5. The summed E-state index contributed by atoms with van der Waals surface area (Å²) in [6.07, 6.45) is 3.81. The minimum Gasteiger partial charge on any atom is -0.369 e. The van der Waals surface area contributed by atoms with E-state index in [0.717, 1.165) is 48.0 Å². The average molecular weight is 368 g/mol. The maximum atomic E-state index is 12.5. The van der Waals surface area contributed by atoms with Crippen molar-refractivity contribution < 1.29 is 4.79 Å². The van der Waals surface area contributed by atoms with E-state index in [4.69, 9.17) is 0 Å². The number of nitrogens with zero attached hydrogens (tertiary/aromatic N) is 5. The Labute approximate surface area is 155 Å². The summed E-state index contributed by atoms with van der Waals surface area (Å²) in [6.45, 7) is 3.67. The summed E-state index contributed by atoms with van der Waals surface area (Å²) in [6, 6.07) is 7.91. The second-order valence-corrected chi connectivity index (χ2v) is 6.99. The first kappa shape index (κ1) is 16.7. The van der Waals surface area contributed by atoms with Crippen LogP contribution >= 0.6 is 11.3 Å². The molecular formula is C18H20N6OS. The Morgan fingerprint density at radius 3 is 2.81 bits per heavy atom. The van der Waals surface area contributed by atoms with E-state index in [1.54, 1.807) is 23.9 Å². The van der Waals surface area contributed by atoms with Gasteiger partial charge in [0, 0.05) is 45.3 Å². The molecule has 1 aliphatic rings. The number of carbonyl (C=O) groups is 1. The zero-order chi connectivity index (χ0) is 17.8. The highest BCUT2D eigenvalue weighted by Gasteiger charge is 2.21. The molecule has 3 aromatic rings. The molecule has 0 saturated carbocycles. The zero-order valence-corrected chi connectivity index (χ0v) is 15.2.